The number of hydrogen-bond acceptors (Lipinski definition) is 3. The topological polar surface area (TPSA) is 41.6 Å². The van der Waals surface area contributed by atoms with Gasteiger partial charge in [-0.25, -0.2) is 0 Å². The number of methoxy groups -OCH3 is 1. The molecule has 0 aliphatic carbocycles. The van der Waals surface area contributed by atoms with Gasteiger partial charge in [-0.2, -0.15) is 0 Å². The molecule has 1 saturated heterocycles. The predicted molar refractivity (Wildman–Crippen MR) is 80.8 cm³/mol. The minimum atomic E-state index is 0.240. The monoisotopic (exact) mass is 276 g/mol. The van der Waals surface area contributed by atoms with Gasteiger partial charge in [0.05, 0.1) is 0 Å². The summed E-state index contributed by atoms with van der Waals surface area (Å²) in [6, 6.07) is 8.27. The molecule has 4 heteroatoms. The number of benzene rings is 1. The largest absolute Gasteiger partial charge is 0.384 e. The van der Waals surface area contributed by atoms with E-state index in [1.165, 1.54) is 5.56 Å². The lowest BCUT2D eigenvalue weighted by Crippen LogP contribution is -2.24. The zero-order chi connectivity index (χ0) is 14.4. The molecule has 0 saturated carbocycles. The third-order valence-electron chi connectivity index (χ3n) is 3.59. The van der Waals surface area contributed by atoms with Crippen LogP contribution in [0.25, 0.3) is 0 Å². The van der Waals surface area contributed by atoms with E-state index in [4.69, 9.17) is 4.74 Å². The maximum absolute atomic E-state index is 11.7. The van der Waals surface area contributed by atoms with Crippen molar-refractivity contribution in [2.45, 2.75) is 26.3 Å². The second kappa shape index (κ2) is 7.41. The number of anilines is 1. The lowest BCUT2D eigenvalue weighted by atomic mass is 10.1. The Balaban J connectivity index is 1.81. The van der Waals surface area contributed by atoms with Gasteiger partial charge in [-0.15, -0.1) is 0 Å². The molecule has 20 heavy (non-hydrogen) atoms. The molecule has 4 nitrogen and oxygen atoms in total. The normalized spacial score (nSPS) is 16.7. The number of nitrogens with zero attached hydrogens (tertiary/aromatic N) is 1. The van der Waals surface area contributed by atoms with Crippen molar-refractivity contribution in [2.75, 3.05) is 31.7 Å². The summed E-state index contributed by atoms with van der Waals surface area (Å²) in [5.41, 5.74) is 2.26. The maximum atomic E-state index is 11.7. The lowest BCUT2D eigenvalue weighted by molar-refractivity contribution is -0.117. The van der Waals surface area contributed by atoms with Crippen LogP contribution in [0.2, 0.25) is 0 Å². The van der Waals surface area contributed by atoms with E-state index < -0.39 is 0 Å². The molecule has 1 aliphatic rings. The van der Waals surface area contributed by atoms with Crippen LogP contribution in [0.5, 0.6) is 0 Å². The van der Waals surface area contributed by atoms with Crippen LogP contribution >= 0.6 is 0 Å². The Labute approximate surface area is 121 Å². The standard InChI is InChI=1S/C16H24N2O2/c1-13(12-20-2)10-17-11-14-5-7-15(8-6-14)18-9-3-4-16(18)19/h5-8,13,17H,3-4,9-12H2,1-2H3. The van der Waals surface area contributed by atoms with Gasteiger partial charge in [0.15, 0.2) is 0 Å². The van der Waals surface area contributed by atoms with Gasteiger partial charge in [0.1, 0.15) is 0 Å². The Morgan fingerprint density at radius 1 is 1.35 bits per heavy atom. The Morgan fingerprint density at radius 3 is 2.70 bits per heavy atom. The summed E-state index contributed by atoms with van der Waals surface area (Å²) >= 11 is 0. The van der Waals surface area contributed by atoms with Gasteiger partial charge < -0.3 is 15.0 Å². The molecule has 0 aromatic heterocycles. The molecule has 0 spiro atoms. The van der Waals surface area contributed by atoms with E-state index in [2.05, 4.69) is 24.4 Å². The highest BCUT2D eigenvalue weighted by Crippen LogP contribution is 2.21. The van der Waals surface area contributed by atoms with Crippen molar-refractivity contribution in [3.8, 4) is 0 Å². The first-order valence-electron chi connectivity index (χ1n) is 7.29. The summed E-state index contributed by atoms with van der Waals surface area (Å²) in [6.45, 7) is 5.59. The van der Waals surface area contributed by atoms with E-state index in [9.17, 15) is 4.79 Å². The number of amides is 1. The van der Waals surface area contributed by atoms with Crippen molar-refractivity contribution in [1.82, 2.24) is 5.32 Å². The Kier molecular flexibility index (Phi) is 5.56. The van der Waals surface area contributed by atoms with Crippen molar-refractivity contribution < 1.29 is 9.53 Å². The molecular formula is C16H24N2O2. The van der Waals surface area contributed by atoms with Crippen molar-refractivity contribution in [3.05, 3.63) is 29.8 Å². The van der Waals surface area contributed by atoms with Gasteiger partial charge in [-0.1, -0.05) is 19.1 Å². The second-order valence-corrected chi connectivity index (χ2v) is 5.51. The summed E-state index contributed by atoms with van der Waals surface area (Å²) in [6.07, 6.45) is 1.65. The predicted octanol–water partition coefficient (Wildman–Crippen LogP) is 2.19. The minimum absolute atomic E-state index is 0.240. The van der Waals surface area contributed by atoms with Crippen LogP contribution in [0.4, 0.5) is 5.69 Å². The molecule has 1 aromatic rings. The van der Waals surface area contributed by atoms with Gasteiger partial charge in [-0.3, -0.25) is 4.79 Å². The second-order valence-electron chi connectivity index (χ2n) is 5.51. The fourth-order valence-electron chi connectivity index (χ4n) is 2.52. The summed E-state index contributed by atoms with van der Waals surface area (Å²) in [5, 5.41) is 3.42. The minimum Gasteiger partial charge on any atom is -0.384 e. The molecule has 1 unspecified atom stereocenters. The summed E-state index contributed by atoms with van der Waals surface area (Å²) in [5.74, 6) is 0.755. The molecule has 1 atom stereocenters. The molecule has 1 heterocycles. The summed E-state index contributed by atoms with van der Waals surface area (Å²) in [4.78, 5) is 13.5. The SMILES string of the molecule is COCC(C)CNCc1ccc(N2CCCC2=O)cc1. The molecule has 1 amide bonds. The quantitative estimate of drug-likeness (QED) is 0.830. The van der Waals surface area contributed by atoms with Crippen LogP contribution in [0.15, 0.2) is 24.3 Å². The third kappa shape index (κ3) is 4.05. The highest BCUT2D eigenvalue weighted by molar-refractivity contribution is 5.95. The highest BCUT2D eigenvalue weighted by Gasteiger charge is 2.21. The average molecular weight is 276 g/mol. The van der Waals surface area contributed by atoms with Gasteiger partial charge in [-0.05, 0) is 30.0 Å². The first-order valence-corrected chi connectivity index (χ1v) is 7.29. The number of carbonyl (C=O) groups is 1. The van der Waals surface area contributed by atoms with Crippen molar-refractivity contribution in [3.63, 3.8) is 0 Å². The van der Waals surface area contributed by atoms with Crippen LogP contribution in [0, 0.1) is 5.92 Å². The summed E-state index contributed by atoms with van der Waals surface area (Å²) < 4.78 is 5.11. The molecule has 1 fully saturated rings. The Bertz CT molecular complexity index is 431. The van der Waals surface area contributed by atoms with Crippen LogP contribution in [0.1, 0.15) is 25.3 Å². The van der Waals surface area contributed by atoms with Crippen molar-refractivity contribution >= 4 is 11.6 Å². The van der Waals surface area contributed by atoms with Crippen LogP contribution in [0.3, 0.4) is 0 Å². The van der Waals surface area contributed by atoms with Crippen LogP contribution in [-0.4, -0.2) is 32.7 Å². The zero-order valence-corrected chi connectivity index (χ0v) is 12.4. The van der Waals surface area contributed by atoms with Crippen LogP contribution in [-0.2, 0) is 16.1 Å². The number of ether oxygens (including phenoxy) is 1. The van der Waals surface area contributed by atoms with Gasteiger partial charge in [0, 0.05) is 45.5 Å². The number of carbonyl (C=O) groups excluding carboxylic acids is 1. The Morgan fingerprint density at radius 2 is 2.10 bits per heavy atom. The van der Waals surface area contributed by atoms with E-state index >= 15 is 0 Å². The van der Waals surface area contributed by atoms with Gasteiger partial charge >= 0.3 is 0 Å². The summed E-state index contributed by atoms with van der Waals surface area (Å²) in [7, 11) is 1.73. The molecule has 0 radical (unpaired) electrons. The first-order chi connectivity index (χ1) is 9.70. The molecule has 1 N–H and O–H groups in total. The lowest BCUT2D eigenvalue weighted by Gasteiger charge is -2.16. The van der Waals surface area contributed by atoms with Gasteiger partial charge in [0.25, 0.3) is 0 Å². The fraction of sp³-hybridized carbons (Fsp3) is 0.562. The van der Waals surface area contributed by atoms with E-state index in [-0.39, 0.29) is 5.91 Å². The average Bonchev–Trinajstić information content (AvgIpc) is 2.86. The number of rotatable bonds is 7. The molecule has 1 aromatic carbocycles. The van der Waals surface area contributed by atoms with E-state index in [1.54, 1.807) is 7.11 Å². The first kappa shape index (κ1) is 15.0. The third-order valence-corrected chi connectivity index (χ3v) is 3.59. The highest BCUT2D eigenvalue weighted by atomic mass is 16.5. The van der Waals surface area contributed by atoms with E-state index in [1.807, 2.05) is 17.0 Å². The molecular weight excluding hydrogens is 252 g/mol. The number of nitrogens with one attached hydrogen (secondary N) is 1. The molecule has 110 valence electrons. The number of hydrogen-bond donors (Lipinski definition) is 1. The van der Waals surface area contributed by atoms with Crippen LogP contribution < -0.4 is 10.2 Å². The molecule has 2 rings (SSSR count). The molecule has 1 aliphatic heterocycles. The zero-order valence-electron chi connectivity index (χ0n) is 12.4. The van der Waals surface area contributed by atoms with Crippen molar-refractivity contribution in [2.24, 2.45) is 5.92 Å². The van der Waals surface area contributed by atoms with Crippen molar-refractivity contribution in [1.29, 1.82) is 0 Å². The van der Waals surface area contributed by atoms with E-state index in [0.717, 1.165) is 38.3 Å². The van der Waals surface area contributed by atoms with E-state index in [0.29, 0.717) is 12.3 Å². The maximum Gasteiger partial charge on any atom is 0.227 e. The smallest absolute Gasteiger partial charge is 0.227 e. The fourth-order valence-corrected chi connectivity index (χ4v) is 2.52. The molecule has 0 bridgehead atoms. The van der Waals surface area contributed by atoms with Gasteiger partial charge in [0.2, 0.25) is 5.91 Å². The Hall–Kier alpha value is -1.39.